The van der Waals surface area contributed by atoms with Crippen molar-refractivity contribution in [2.24, 2.45) is 17.3 Å². The minimum atomic E-state index is -0.398. The maximum absolute atomic E-state index is 12.8. The summed E-state index contributed by atoms with van der Waals surface area (Å²) in [5.41, 5.74) is 3.44. The molecule has 0 saturated heterocycles. The molecule has 0 aromatic heterocycles. The molecule has 1 spiro atoms. The van der Waals surface area contributed by atoms with Crippen LogP contribution in [0.15, 0.2) is 42.0 Å². The van der Waals surface area contributed by atoms with E-state index in [1.165, 1.54) is 37.7 Å². The lowest BCUT2D eigenvalue weighted by Crippen LogP contribution is -2.50. The maximum atomic E-state index is 12.8. The van der Waals surface area contributed by atoms with Gasteiger partial charge in [0.25, 0.3) is 0 Å². The van der Waals surface area contributed by atoms with Gasteiger partial charge in [0.2, 0.25) is 0 Å². The number of rotatable bonds is 5. The standard InChI is InChI=1S/C28H36O3/c1-4-5-6-7-8-20-18-28(31-26(20)29)16-14-25-24-11-9-19-17-21(30-3)10-12-22(19)23(24)13-15-27(25,28)2/h7-8,10,12,17-18,23-25H,4-6,9,11,13-16H2,1-3H3/b8-7+/t23?,24?,25?,27-,28+/m0/s1. The average molecular weight is 421 g/mol. The highest BCUT2D eigenvalue weighted by molar-refractivity contribution is 5.94. The van der Waals surface area contributed by atoms with Crippen molar-refractivity contribution in [1.29, 1.82) is 0 Å². The molecular formula is C28H36O3. The number of carbonyl (C=O) groups excluding carboxylic acids is 1. The van der Waals surface area contributed by atoms with Gasteiger partial charge < -0.3 is 9.47 Å². The Morgan fingerprint density at radius 3 is 2.90 bits per heavy atom. The van der Waals surface area contributed by atoms with Crippen LogP contribution in [-0.4, -0.2) is 18.7 Å². The molecule has 31 heavy (non-hydrogen) atoms. The molecule has 3 nitrogen and oxygen atoms in total. The van der Waals surface area contributed by atoms with Crippen molar-refractivity contribution < 1.29 is 14.3 Å². The summed E-state index contributed by atoms with van der Waals surface area (Å²) in [6, 6.07) is 6.69. The van der Waals surface area contributed by atoms with E-state index in [4.69, 9.17) is 9.47 Å². The zero-order valence-electron chi connectivity index (χ0n) is 19.3. The molecule has 5 rings (SSSR count). The van der Waals surface area contributed by atoms with E-state index in [1.807, 2.05) is 6.08 Å². The van der Waals surface area contributed by atoms with Crippen LogP contribution in [0.4, 0.5) is 0 Å². The first-order chi connectivity index (χ1) is 15.0. The minimum Gasteiger partial charge on any atom is -0.497 e. The van der Waals surface area contributed by atoms with Gasteiger partial charge in [-0.3, -0.25) is 0 Å². The van der Waals surface area contributed by atoms with Crippen LogP contribution in [0.25, 0.3) is 0 Å². The fourth-order valence-electron chi connectivity index (χ4n) is 7.34. The van der Waals surface area contributed by atoms with Gasteiger partial charge in [-0.25, -0.2) is 4.79 Å². The molecule has 0 N–H and O–H groups in total. The number of benzene rings is 1. The fraction of sp³-hybridized carbons (Fsp3) is 0.607. The van der Waals surface area contributed by atoms with E-state index < -0.39 is 5.60 Å². The number of hydrogen-bond donors (Lipinski definition) is 0. The highest BCUT2D eigenvalue weighted by atomic mass is 16.6. The van der Waals surface area contributed by atoms with Crippen LogP contribution in [0.5, 0.6) is 5.75 Å². The Morgan fingerprint density at radius 1 is 1.23 bits per heavy atom. The summed E-state index contributed by atoms with van der Waals surface area (Å²) in [4.78, 5) is 12.8. The predicted octanol–water partition coefficient (Wildman–Crippen LogP) is 6.52. The predicted molar refractivity (Wildman–Crippen MR) is 123 cm³/mol. The normalized spacial score (nSPS) is 36.2. The molecule has 3 aliphatic carbocycles. The first-order valence-electron chi connectivity index (χ1n) is 12.3. The van der Waals surface area contributed by atoms with E-state index in [0.717, 1.165) is 37.0 Å². The van der Waals surface area contributed by atoms with Gasteiger partial charge in [-0.1, -0.05) is 44.9 Å². The van der Waals surface area contributed by atoms with Crippen molar-refractivity contribution in [2.45, 2.75) is 83.2 Å². The van der Waals surface area contributed by atoms with Crippen molar-refractivity contribution in [1.82, 2.24) is 0 Å². The van der Waals surface area contributed by atoms with Crippen LogP contribution in [0.1, 0.15) is 82.3 Å². The zero-order valence-corrected chi connectivity index (χ0v) is 19.3. The molecule has 1 aromatic carbocycles. The lowest BCUT2D eigenvalue weighted by atomic mass is 9.53. The third-order valence-corrected chi connectivity index (χ3v) is 9.04. The van der Waals surface area contributed by atoms with Crippen molar-refractivity contribution in [3.8, 4) is 5.75 Å². The third kappa shape index (κ3) is 3.18. The number of fused-ring (bicyclic) bond motifs is 6. The summed E-state index contributed by atoms with van der Waals surface area (Å²) in [6.45, 7) is 4.61. The van der Waals surface area contributed by atoms with Gasteiger partial charge in [0.05, 0.1) is 12.7 Å². The van der Waals surface area contributed by atoms with E-state index in [2.05, 4.69) is 44.2 Å². The number of unbranched alkanes of at least 4 members (excludes halogenated alkanes) is 2. The highest BCUT2D eigenvalue weighted by Gasteiger charge is 2.64. The Labute approximate surface area is 186 Å². The van der Waals surface area contributed by atoms with Crippen molar-refractivity contribution in [3.63, 3.8) is 0 Å². The molecular weight excluding hydrogens is 384 g/mol. The number of esters is 1. The third-order valence-electron chi connectivity index (χ3n) is 9.04. The number of hydrogen-bond acceptors (Lipinski definition) is 3. The molecule has 2 fully saturated rings. The summed E-state index contributed by atoms with van der Waals surface area (Å²) < 4.78 is 11.7. The van der Waals surface area contributed by atoms with Crippen LogP contribution >= 0.6 is 0 Å². The zero-order chi connectivity index (χ0) is 21.6. The van der Waals surface area contributed by atoms with Gasteiger partial charge in [-0.15, -0.1) is 0 Å². The Kier molecular flexibility index (Phi) is 5.27. The van der Waals surface area contributed by atoms with Crippen molar-refractivity contribution >= 4 is 5.97 Å². The second-order valence-electron chi connectivity index (χ2n) is 10.4. The SMILES string of the molecule is CCCC/C=C/C1=C[C@@]2(CCC3C4CCc5cc(OC)ccc5C4CC[C@@]32C)OC1=O. The average Bonchev–Trinajstić information content (AvgIpc) is 3.26. The first-order valence-corrected chi connectivity index (χ1v) is 12.3. The largest absolute Gasteiger partial charge is 0.497 e. The number of allylic oxidation sites excluding steroid dienone is 1. The monoisotopic (exact) mass is 420 g/mol. The molecule has 1 aliphatic heterocycles. The Balaban J connectivity index is 1.41. The van der Waals surface area contributed by atoms with Crippen molar-refractivity contribution in [3.05, 3.63) is 53.1 Å². The highest BCUT2D eigenvalue weighted by Crippen LogP contribution is 2.66. The number of carbonyl (C=O) groups is 1. The van der Waals surface area contributed by atoms with Gasteiger partial charge in [-0.2, -0.15) is 0 Å². The molecule has 4 aliphatic rings. The second kappa shape index (κ2) is 7.83. The molecule has 0 radical (unpaired) electrons. The maximum Gasteiger partial charge on any atom is 0.338 e. The molecule has 166 valence electrons. The van der Waals surface area contributed by atoms with E-state index in [9.17, 15) is 4.79 Å². The van der Waals surface area contributed by atoms with Gasteiger partial charge in [0.15, 0.2) is 0 Å². The molecule has 3 unspecified atom stereocenters. The van der Waals surface area contributed by atoms with E-state index in [1.54, 1.807) is 12.7 Å². The topological polar surface area (TPSA) is 35.5 Å². The quantitative estimate of drug-likeness (QED) is 0.402. The van der Waals surface area contributed by atoms with E-state index >= 15 is 0 Å². The van der Waals surface area contributed by atoms with Crippen LogP contribution in [-0.2, 0) is 16.0 Å². The lowest BCUT2D eigenvalue weighted by Gasteiger charge is -2.52. The van der Waals surface area contributed by atoms with Crippen LogP contribution in [0, 0.1) is 17.3 Å². The number of methoxy groups -OCH3 is 1. The molecule has 0 bridgehead atoms. The Bertz CT molecular complexity index is 928. The lowest BCUT2D eigenvalue weighted by molar-refractivity contribution is -0.159. The van der Waals surface area contributed by atoms with Gasteiger partial charge >= 0.3 is 5.97 Å². The fourth-order valence-corrected chi connectivity index (χ4v) is 7.34. The molecule has 3 heteroatoms. The van der Waals surface area contributed by atoms with Gasteiger partial charge in [-0.05, 0) is 92.0 Å². The van der Waals surface area contributed by atoms with E-state index in [0.29, 0.717) is 17.8 Å². The summed E-state index contributed by atoms with van der Waals surface area (Å²) in [7, 11) is 1.75. The van der Waals surface area contributed by atoms with Crippen LogP contribution < -0.4 is 4.74 Å². The molecule has 0 amide bonds. The summed E-state index contributed by atoms with van der Waals surface area (Å²) in [5, 5.41) is 0. The van der Waals surface area contributed by atoms with Crippen LogP contribution in [0.2, 0.25) is 0 Å². The van der Waals surface area contributed by atoms with E-state index in [-0.39, 0.29) is 11.4 Å². The summed E-state index contributed by atoms with van der Waals surface area (Å²) >= 11 is 0. The first kappa shape index (κ1) is 20.8. The minimum absolute atomic E-state index is 0.0484. The van der Waals surface area contributed by atoms with Crippen molar-refractivity contribution in [2.75, 3.05) is 7.11 Å². The Morgan fingerprint density at radius 2 is 2.10 bits per heavy atom. The van der Waals surface area contributed by atoms with Gasteiger partial charge in [0, 0.05) is 5.41 Å². The summed E-state index contributed by atoms with van der Waals surface area (Å²) in [5.74, 6) is 2.81. The van der Waals surface area contributed by atoms with Gasteiger partial charge in [0.1, 0.15) is 11.4 Å². The molecule has 1 aromatic rings. The number of ether oxygens (including phenoxy) is 2. The molecule has 1 heterocycles. The number of aryl methyl sites for hydroxylation is 1. The smallest absolute Gasteiger partial charge is 0.338 e. The molecule has 2 saturated carbocycles. The summed E-state index contributed by atoms with van der Waals surface area (Å²) in [6.07, 6.45) is 16.6. The van der Waals surface area contributed by atoms with Crippen LogP contribution in [0.3, 0.4) is 0 Å². The Hall–Kier alpha value is -2.03. The second-order valence-corrected chi connectivity index (χ2v) is 10.4. The molecule has 5 atom stereocenters.